The predicted molar refractivity (Wildman–Crippen MR) is 53.4 cm³/mol. The smallest absolute Gasteiger partial charge is 0.263 e. The van der Waals surface area contributed by atoms with E-state index in [1.807, 2.05) is 0 Å². The van der Waals surface area contributed by atoms with Crippen molar-refractivity contribution in [3.63, 3.8) is 0 Å². The Morgan fingerprint density at radius 2 is 2.71 bits per heavy atom. The molecule has 0 aliphatic carbocycles. The van der Waals surface area contributed by atoms with E-state index < -0.39 is 0 Å². The summed E-state index contributed by atoms with van der Waals surface area (Å²) in [6.45, 7) is 1.43. The lowest BCUT2D eigenvalue weighted by Gasteiger charge is -2.09. The number of hydrogen-bond acceptors (Lipinski definition) is 4. The summed E-state index contributed by atoms with van der Waals surface area (Å²) in [6.07, 6.45) is 3.92. The molecule has 1 atom stereocenters. The Bertz CT molecular complexity index is 294. The molecule has 1 aromatic heterocycles. The summed E-state index contributed by atoms with van der Waals surface area (Å²) in [4.78, 5) is 16.0. The molecule has 1 unspecified atom stereocenters. The molecule has 76 valence electrons. The topological polar surface area (TPSA) is 51.2 Å². The van der Waals surface area contributed by atoms with E-state index in [2.05, 4.69) is 10.3 Å². The molecule has 2 rings (SSSR count). The number of aromatic nitrogens is 1. The summed E-state index contributed by atoms with van der Waals surface area (Å²) in [5.74, 6) is -0.0528. The molecule has 1 aliphatic rings. The first-order chi connectivity index (χ1) is 6.86. The Morgan fingerprint density at radius 1 is 1.79 bits per heavy atom. The first kappa shape index (κ1) is 9.61. The van der Waals surface area contributed by atoms with Crippen molar-refractivity contribution in [1.29, 1.82) is 0 Å². The van der Waals surface area contributed by atoms with Crippen LogP contribution in [0, 0.1) is 0 Å². The van der Waals surface area contributed by atoms with E-state index in [0.29, 0.717) is 11.4 Å². The van der Waals surface area contributed by atoms with Gasteiger partial charge in [-0.15, -0.1) is 11.3 Å². The Labute approximate surface area is 86.3 Å². The highest BCUT2D eigenvalue weighted by atomic mass is 32.1. The molecular weight excluding hydrogens is 200 g/mol. The number of nitrogens with zero attached hydrogens (tertiary/aromatic N) is 1. The largest absolute Gasteiger partial charge is 0.376 e. The van der Waals surface area contributed by atoms with E-state index >= 15 is 0 Å². The molecule has 1 aromatic rings. The van der Waals surface area contributed by atoms with Crippen molar-refractivity contribution in [3.8, 4) is 0 Å². The lowest BCUT2D eigenvalue weighted by atomic mass is 10.2. The van der Waals surface area contributed by atoms with E-state index in [1.165, 1.54) is 11.3 Å². The Hall–Kier alpha value is -0.940. The summed E-state index contributed by atoms with van der Waals surface area (Å²) in [5, 5.41) is 2.83. The Kier molecular flexibility index (Phi) is 3.10. The molecule has 0 aromatic carbocycles. The fourth-order valence-electron chi connectivity index (χ4n) is 1.43. The van der Waals surface area contributed by atoms with Crippen LogP contribution in [0.25, 0.3) is 0 Å². The number of thiazole rings is 1. The van der Waals surface area contributed by atoms with Gasteiger partial charge in [0.05, 0.1) is 17.8 Å². The minimum atomic E-state index is -0.0528. The number of nitrogens with one attached hydrogen (secondary N) is 1. The maximum atomic E-state index is 11.5. The van der Waals surface area contributed by atoms with Crippen LogP contribution in [-0.4, -0.2) is 30.1 Å². The number of carbonyl (C=O) groups is 1. The van der Waals surface area contributed by atoms with Gasteiger partial charge in [-0.1, -0.05) is 0 Å². The molecule has 1 fully saturated rings. The maximum absolute atomic E-state index is 11.5. The lowest BCUT2D eigenvalue weighted by Crippen LogP contribution is -2.31. The van der Waals surface area contributed by atoms with Crippen molar-refractivity contribution in [2.45, 2.75) is 18.9 Å². The number of carbonyl (C=O) groups excluding carboxylic acids is 1. The molecule has 5 heteroatoms. The third-order valence-electron chi connectivity index (χ3n) is 2.17. The minimum absolute atomic E-state index is 0.0528. The standard InChI is InChI=1S/C9H12N2O2S/c12-9(8-5-10-6-14-8)11-4-7-2-1-3-13-7/h5-7H,1-4H2,(H,11,12). The number of amides is 1. The van der Waals surface area contributed by atoms with Crippen LogP contribution in [0.2, 0.25) is 0 Å². The van der Waals surface area contributed by atoms with Crippen molar-refractivity contribution >= 4 is 17.2 Å². The maximum Gasteiger partial charge on any atom is 0.263 e. The van der Waals surface area contributed by atoms with Crippen LogP contribution in [0.3, 0.4) is 0 Å². The molecule has 1 saturated heterocycles. The van der Waals surface area contributed by atoms with E-state index in [0.717, 1.165) is 19.4 Å². The highest BCUT2D eigenvalue weighted by Gasteiger charge is 2.16. The highest BCUT2D eigenvalue weighted by molar-refractivity contribution is 7.11. The first-order valence-corrected chi connectivity index (χ1v) is 5.52. The van der Waals surface area contributed by atoms with Gasteiger partial charge in [0.15, 0.2) is 0 Å². The van der Waals surface area contributed by atoms with Crippen molar-refractivity contribution in [1.82, 2.24) is 10.3 Å². The molecule has 0 bridgehead atoms. The van der Waals surface area contributed by atoms with Crippen molar-refractivity contribution < 1.29 is 9.53 Å². The average molecular weight is 212 g/mol. The summed E-state index contributed by atoms with van der Waals surface area (Å²) < 4.78 is 5.39. The quantitative estimate of drug-likeness (QED) is 0.814. The van der Waals surface area contributed by atoms with Crippen LogP contribution in [0.5, 0.6) is 0 Å². The second-order valence-electron chi connectivity index (χ2n) is 3.21. The van der Waals surface area contributed by atoms with Gasteiger partial charge in [-0.05, 0) is 12.8 Å². The van der Waals surface area contributed by atoms with Crippen molar-refractivity contribution in [2.24, 2.45) is 0 Å². The Morgan fingerprint density at radius 3 is 3.36 bits per heavy atom. The molecule has 2 heterocycles. The summed E-state index contributed by atoms with van der Waals surface area (Å²) in [5.41, 5.74) is 1.65. The lowest BCUT2D eigenvalue weighted by molar-refractivity contribution is 0.0861. The zero-order valence-electron chi connectivity index (χ0n) is 7.73. The zero-order chi connectivity index (χ0) is 9.80. The second-order valence-corrected chi connectivity index (χ2v) is 4.10. The molecule has 1 N–H and O–H groups in total. The summed E-state index contributed by atoms with van der Waals surface area (Å²) in [6, 6.07) is 0. The molecule has 14 heavy (non-hydrogen) atoms. The third-order valence-corrected chi connectivity index (χ3v) is 2.94. The normalized spacial score (nSPS) is 21.0. The molecular formula is C9H12N2O2S. The van der Waals surface area contributed by atoms with Crippen LogP contribution in [0.4, 0.5) is 0 Å². The second kappa shape index (κ2) is 4.52. The van der Waals surface area contributed by atoms with Crippen molar-refractivity contribution in [2.75, 3.05) is 13.2 Å². The van der Waals surface area contributed by atoms with E-state index in [9.17, 15) is 4.79 Å². The van der Waals surface area contributed by atoms with Gasteiger partial charge in [-0.3, -0.25) is 9.78 Å². The van der Waals surface area contributed by atoms with Crippen LogP contribution in [0.15, 0.2) is 11.7 Å². The molecule has 1 aliphatic heterocycles. The minimum Gasteiger partial charge on any atom is -0.376 e. The van der Waals surface area contributed by atoms with E-state index in [4.69, 9.17) is 4.74 Å². The zero-order valence-corrected chi connectivity index (χ0v) is 8.55. The van der Waals surface area contributed by atoms with Gasteiger partial charge < -0.3 is 10.1 Å². The molecule has 0 spiro atoms. The first-order valence-electron chi connectivity index (χ1n) is 4.64. The molecule has 0 radical (unpaired) electrons. The van der Waals surface area contributed by atoms with Gasteiger partial charge in [0.1, 0.15) is 4.88 Å². The van der Waals surface area contributed by atoms with Crippen molar-refractivity contribution in [3.05, 3.63) is 16.6 Å². The van der Waals surface area contributed by atoms with Crippen LogP contribution in [-0.2, 0) is 4.74 Å². The van der Waals surface area contributed by atoms with Gasteiger partial charge in [0, 0.05) is 13.2 Å². The predicted octanol–water partition coefficient (Wildman–Crippen LogP) is 1.05. The fourth-order valence-corrected chi connectivity index (χ4v) is 1.96. The van der Waals surface area contributed by atoms with Gasteiger partial charge in [0.2, 0.25) is 0 Å². The van der Waals surface area contributed by atoms with E-state index in [-0.39, 0.29) is 12.0 Å². The molecule has 1 amide bonds. The highest BCUT2D eigenvalue weighted by Crippen LogP contribution is 2.11. The average Bonchev–Trinajstić information content (AvgIpc) is 2.87. The fraction of sp³-hybridized carbons (Fsp3) is 0.556. The van der Waals surface area contributed by atoms with Crippen LogP contribution < -0.4 is 5.32 Å². The van der Waals surface area contributed by atoms with Gasteiger partial charge in [-0.2, -0.15) is 0 Å². The Balaban J connectivity index is 1.78. The molecule has 0 saturated carbocycles. The monoisotopic (exact) mass is 212 g/mol. The summed E-state index contributed by atoms with van der Waals surface area (Å²) >= 11 is 1.35. The van der Waals surface area contributed by atoms with Gasteiger partial charge in [-0.25, -0.2) is 0 Å². The SMILES string of the molecule is O=C(NCC1CCCO1)c1cncs1. The third kappa shape index (κ3) is 2.30. The van der Waals surface area contributed by atoms with Crippen LogP contribution in [0.1, 0.15) is 22.5 Å². The summed E-state index contributed by atoms with van der Waals surface area (Å²) in [7, 11) is 0. The number of rotatable bonds is 3. The number of hydrogen-bond donors (Lipinski definition) is 1. The number of ether oxygens (including phenoxy) is 1. The van der Waals surface area contributed by atoms with Gasteiger partial charge in [0.25, 0.3) is 5.91 Å². The van der Waals surface area contributed by atoms with E-state index in [1.54, 1.807) is 11.7 Å². The molecule has 4 nitrogen and oxygen atoms in total. The van der Waals surface area contributed by atoms with Gasteiger partial charge >= 0.3 is 0 Å². The van der Waals surface area contributed by atoms with Crippen LogP contribution >= 0.6 is 11.3 Å².